The van der Waals surface area contributed by atoms with Crippen LogP contribution in [0.5, 0.6) is 5.75 Å². The molecular formula is C14H19NO5S. The summed E-state index contributed by atoms with van der Waals surface area (Å²) < 4.78 is 26.9. The van der Waals surface area contributed by atoms with Gasteiger partial charge in [0.15, 0.2) is 0 Å². The minimum atomic E-state index is -3.76. The van der Waals surface area contributed by atoms with Gasteiger partial charge in [-0.3, -0.25) is 0 Å². The Labute approximate surface area is 124 Å². The van der Waals surface area contributed by atoms with E-state index in [0.717, 1.165) is 25.3 Å². The van der Waals surface area contributed by atoms with Crippen molar-refractivity contribution < 1.29 is 23.4 Å². The summed E-state index contributed by atoms with van der Waals surface area (Å²) in [5, 5.41) is 18.7. The molecule has 2 rings (SSSR count). The van der Waals surface area contributed by atoms with Crippen LogP contribution in [-0.2, 0) is 10.0 Å². The van der Waals surface area contributed by atoms with E-state index in [4.69, 9.17) is 5.11 Å². The van der Waals surface area contributed by atoms with Gasteiger partial charge in [-0.05, 0) is 44.4 Å². The van der Waals surface area contributed by atoms with E-state index in [2.05, 4.69) is 0 Å². The fourth-order valence-corrected chi connectivity index (χ4v) is 4.61. The normalized spacial score (nSPS) is 20.4. The van der Waals surface area contributed by atoms with E-state index in [1.165, 1.54) is 10.4 Å². The number of phenols is 1. The molecule has 0 radical (unpaired) electrons. The van der Waals surface area contributed by atoms with Gasteiger partial charge in [-0.1, -0.05) is 6.42 Å². The summed E-state index contributed by atoms with van der Waals surface area (Å²) >= 11 is 0. The number of hydrogen-bond acceptors (Lipinski definition) is 4. The average Bonchev–Trinajstić information content (AvgIpc) is 2.38. The fourth-order valence-electron chi connectivity index (χ4n) is 2.68. The molecule has 7 heteroatoms. The highest BCUT2D eigenvalue weighted by molar-refractivity contribution is 7.89. The van der Waals surface area contributed by atoms with Gasteiger partial charge in [-0.25, -0.2) is 13.2 Å². The van der Waals surface area contributed by atoms with Crippen LogP contribution in [-0.4, -0.2) is 41.5 Å². The van der Waals surface area contributed by atoms with Crippen LogP contribution in [0.3, 0.4) is 0 Å². The number of carboxylic acid groups (broad SMARTS) is 1. The lowest BCUT2D eigenvalue weighted by Crippen LogP contribution is -2.42. The fraction of sp³-hybridized carbons (Fsp3) is 0.500. The molecule has 0 saturated carbocycles. The van der Waals surface area contributed by atoms with Crippen molar-refractivity contribution in [2.24, 2.45) is 0 Å². The van der Waals surface area contributed by atoms with Gasteiger partial charge >= 0.3 is 5.97 Å². The molecule has 0 aromatic heterocycles. The molecule has 0 aliphatic carbocycles. The molecule has 2 N–H and O–H groups in total. The first-order chi connectivity index (χ1) is 9.75. The maximum absolute atomic E-state index is 12.8. The maximum Gasteiger partial charge on any atom is 0.339 e. The third kappa shape index (κ3) is 2.89. The van der Waals surface area contributed by atoms with Crippen molar-refractivity contribution in [2.75, 3.05) is 6.54 Å². The number of nitrogens with zero attached hydrogens (tertiary/aromatic N) is 1. The van der Waals surface area contributed by atoms with Crippen LogP contribution in [0.4, 0.5) is 0 Å². The molecule has 1 saturated heterocycles. The third-order valence-corrected chi connectivity index (χ3v) is 6.01. The number of benzene rings is 1. The lowest BCUT2D eigenvalue weighted by molar-refractivity contribution is 0.0693. The molecule has 1 unspecified atom stereocenters. The zero-order valence-electron chi connectivity index (χ0n) is 12.0. The lowest BCUT2D eigenvalue weighted by Gasteiger charge is -2.32. The van der Waals surface area contributed by atoms with Crippen molar-refractivity contribution >= 4 is 16.0 Å². The molecule has 1 fully saturated rings. The quantitative estimate of drug-likeness (QED) is 0.889. The molecule has 6 nitrogen and oxygen atoms in total. The summed E-state index contributed by atoms with van der Waals surface area (Å²) in [4.78, 5) is 11.0. The van der Waals surface area contributed by atoms with Crippen LogP contribution in [0.15, 0.2) is 17.0 Å². The van der Waals surface area contributed by atoms with Gasteiger partial charge in [0.2, 0.25) is 10.0 Å². The van der Waals surface area contributed by atoms with E-state index in [-0.39, 0.29) is 10.9 Å². The Kier molecular flexibility index (Phi) is 4.25. The van der Waals surface area contributed by atoms with Crippen molar-refractivity contribution in [2.45, 2.75) is 44.0 Å². The highest BCUT2D eigenvalue weighted by atomic mass is 32.2. The standard InChI is InChI=1S/C14H19NO5S/c1-9-7-12(16)11(14(17)18)8-13(9)21(19,20)15-6-4-3-5-10(15)2/h7-8,10,16H,3-6H2,1-2H3,(H,17,18). The molecule has 1 aliphatic rings. The van der Waals surface area contributed by atoms with Crippen LogP contribution in [0, 0.1) is 6.92 Å². The van der Waals surface area contributed by atoms with Crippen LogP contribution in [0.1, 0.15) is 42.1 Å². The summed E-state index contributed by atoms with van der Waals surface area (Å²) in [5.74, 6) is -1.78. The van der Waals surface area contributed by atoms with Crippen molar-refractivity contribution in [1.82, 2.24) is 4.31 Å². The van der Waals surface area contributed by atoms with Gasteiger partial charge in [-0.2, -0.15) is 4.31 Å². The van der Waals surface area contributed by atoms with Crippen LogP contribution >= 0.6 is 0 Å². The van der Waals surface area contributed by atoms with Crippen LogP contribution in [0.2, 0.25) is 0 Å². The van der Waals surface area contributed by atoms with Crippen molar-refractivity contribution in [3.63, 3.8) is 0 Å². The molecule has 0 spiro atoms. The molecule has 116 valence electrons. The maximum atomic E-state index is 12.8. The molecule has 1 aromatic carbocycles. The highest BCUT2D eigenvalue weighted by Gasteiger charge is 2.33. The summed E-state index contributed by atoms with van der Waals surface area (Å²) in [6.07, 6.45) is 2.58. The minimum Gasteiger partial charge on any atom is -0.507 e. The summed E-state index contributed by atoms with van der Waals surface area (Å²) in [7, 11) is -3.76. The first-order valence-electron chi connectivity index (χ1n) is 6.84. The Bertz CT molecular complexity index is 668. The van der Waals surface area contributed by atoms with Crippen molar-refractivity contribution in [3.05, 3.63) is 23.3 Å². The Hall–Kier alpha value is -1.60. The van der Waals surface area contributed by atoms with E-state index < -0.39 is 27.3 Å². The predicted octanol–water partition coefficient (Wildman–Crippen LogP) is 1.96. The molecule has 0 amide bonds. The zero-order chi connectivity index (χ0) is 15.8. The summed E-state index contributed by atoms with van der Waals surface area (Å²) in [5.41, 5.74) is -0.0564. The number of rotatable bonds is 3. The van der Waals surface area contributed by atoms with E-state index in [9.17, 15) is 18.3 Å². The summed E-state index contributed by atoms with van der Waals surface area (Å²) in [6, 6.07) is 2.12. The first kappa shape index (κ1) is 15.8. The first-order valence-corrected chi connectivity index (χ1v) is 8.28. The number of aromatic hydroxyl groups is 1. The number of piperidine rings is 1. The van der Waals surface area contributed by atoms with E-state index in [1.807, 2.05) is 6.92 Å². The van der Waals surface area contributed by atoms with Crippen LogP contribution < -0.4 is 0 Å². The number of carboxylic acids is 1. The predicted molar refractivity (Wildman–Crippen MR) is 77.0 cm³/mol. The monoisotopic (exact) mass is 313 g/mol. The molecule has 21 heavy (non-hydrogen) atoms. The number of sulfonamides is 1. The van der Waals surface area contributed by atoms with Gasteiger partial charge in [0.25, 0.3) is 0 Å². The SMILES string of the molecule is Cc1cc(O)c(C(=O)O)cc1S(=O)(=O)N1CCCCC1C. The smallest absolute Gasteiger partial charge is 0.339 e. The number of aryl methyl sites for hydroxylation is 1. The Morgan fingerprint density at radius 3 is 2.57 bits per heavy atom. The Morgan fingerprint density at radius 1 is 1.33 bits per heavy atom. The second-order valence-corrected chi connectivity index (χ2v) is 7.26. The molecule has 1 heterocycles. The van der Waals surface area contributed by atoms with Gasteiger partial charge in [0.1, 0.15) is 11.3 Å². The Balaban J connectivity index is 2.54. The topological polar surface area (TPSA) is 94.9 Å². The van der Waals surface area contributed by atoms with Crippen LogP contribution in [0.25, 0.3) is 0 Å². The summed E-state index contributed by atoms with van der Waals surface area (Å²) in [6.45, 7) is 3.84. The van der Waals surface area contributed by atoms with E-state index in [1.54, 1.807) is 6.92 Å². The second kappa shape index (κ2) is 5.65. The van der Waals surface area contributed by atoms with Gasteiger partial charge in [0, 0.05) is 12.6 Å². The van der Waals surface area contributed by atoms with Gasteiger partial charge in [0.05, 0.1) is 4.90 Å². The van der Waals surface area contributed by atoms with Gasteiger partial charge < -0.3 is 10.2 Å². The third-order valence-electron chi connectivity index (χ3n) is 3.85. The molecule has 1 aromatic rings. The molecule has 1 atom stereocenters. The largest absolute Gasteiger partial charge is 0.507 e. The molecule has 1 aliphatic heterocycles. The number of carbonyl (C=O) groups is 1. The number of hydrogen-bond donors (Lipinski definition) is 2. The average molecular weight is 313 g/mol. The molecular weight excluding hydrogens is 294 g/mol. The minimum absolute atomic E-state index is 0.0496. The van der Waals surface area contributed by atoms with E-state index in [0.29, 0.717) is 12.1 Å². The van der Waals surface area contributed by atoms with E-state index >= 15 is 0 Å². The molecule has 0 bridgehead atoms. The number of aromatic carboxylic acids is 1. The highest BCUT2D eigenvalue weighted by Crippen LogP contribution is 2.30. The zero-order valence-corrected chi connectivity index (χ0v) is 12.9. The van der Waals surface area contributed by atoms with Crippen molar-refractivity contribution in [1.29, 1.82) is 0 Å². The van der Waals surface area contributed by atoms with Crippen molar-refractivity contribution in [3.8, 4) is 5.75 Å². The van der Waals surface area contributed by atoms with Gasteiger partial charge in [-0.15, -0.1) is 0 Å². The Morgan fingerprint density at radius 2 is 2.00 bits per heavy atom. The lowest BCUT2D eigenvalue weighted by atomic mass is 10.1. The second-order valence-electron chi connectivity index (χ2n) is 5.40.